The molecule has 4 heteroatoms. The number of aliphatic imine (C=N–C) groups is 1. The summed E-state index contributed by atoms with van der Waals surface area (Å²) in [5, 5.41) is 10.6. The molecule has 15 heavy (non-hydrogen) atoms. The smallest absolute Gasteiger partial charge is 0.179 e. The van der Waals surface area contributed by atoms with E-state index in [1.165, 1.54) is 0 Å². The Morgan fingerprint density at radius 2 is 2.20 bits per heavy atom. The highest BCUT2D eigenvalue weighted by Gasteiger charge is 2.26. The summed E-state index contributed by atoms with van der Waals surface area (Å²) in [6.07, 6.45) is 1.13. The summed E-state index contributed by atoms with van der Waals surface area (Å²) in [5.41, 5.74) is 1.76. The molecular formula is C11H8NO3-. The number of Topliss-reactive ketones (excluding diaryl/α,β-unsaturated/α-hetero) is 1. The minimum Gasteiger partial charge on any atom is -0.549 e. The molecule has 0 radical (unpaired) electrons. The first-order chi connectivity index (χ1) is 7.11. The molecule has 2 rings (SSSR count). The van der Waals surface area contributed by atoms with Crippen molar-refractivity contribution in [3.63, 3.8) is 0 Å². The van der Waals surface area contributed by atoms with E-state index in [4.69, 9.17) is 0 Å². The SMILES string of the molecule is Cc1cccc2c1N=CC(C(=O)[O-])C2=O. The van der Waals surface area contributed by atoms with E-state index in [0.29, 0.717) is 11.3 Å². The second-order valence-corrected chi connectivity index (χ2v) is 3.41. The molecule has 1 aliphatic rings. The molecule has 1 unspecified atom stereocenters. The Hall–Kier alpha value is -1.97. The van der Waals surface area contributed by atoms with Crippen molar-refractivity contribution in [1.29, 1.82) is 0 Å². The number of carbonyl (C=O) groups excluding carboxylic acids is 2. The number of carbonyl (C=O) groups is 2. The summed E-state index contributed by atoms with van der Waals surface area (Å²) >= 11 is 0. The van der Waals surface area contributed by atoms with Crippen LogP contribution in [0.5, 0.6) is 0 Å². The lowest BCUT2D eigenvalue weighted by Crippen LogP contribution is -2.38. The van der Waals surface area contributed by atoms with Crippen LogP contribution >= 0.6 is 0 Å². The van der Waals surface area contributed by atoms with E-state index in [2.05, 4.69) is 4.99 Å². The molecule has 4 nitrogen and oxygen atoms in total. The number of aliphatic carboxylic acids is 1. The Balaban J connectivity index is 2.56. The number of para-hydroxylation sites is 1. The number of hydrogen-bond donors (Lipinski definition) is 0. The van der Waals surface area contributed by atoms with Gasteiger partial charge in [-0.05, 0) is 18.6 Å². The molecule has 0 N–H and O–H groups in total. The number of fused-ring (bicyclic) bond motifs is 1. The van der Waals surface area contributed by atoms with Crippen LogP contribution in [-0.2, 0) is 4.79 Å². The van der Waals surface area contributed by atoms with Gasteiger partial charge in [-0.1, -0.05) is 12.1 Å². The van der Waals surface area contributed by atoms with Crippen molar-refractivity contribution in [1.82, 2.24) is 0 Å². The molecule has 0 saturated carbocycles. The van der Waals surface area contributed by atoms with Gasteiger partial charge >= 0.3 is 0 Å². The standard InChI is InChI=1S/C11H9NO3/c1-6-3-2-4-7-9(6)12-5-8(10(7)13)11(14)15/h2-5,8H,1H3,(H,14,15)/p-1. The van der Waals surface area contributed by atoms with E-state index >= 15 is 0 Å². The van der Waals surface area contributed by atoms with Gasteiger partial charge in [-0.2, -0.15) is 0 Å². The van der Waals surface area contributed by atoms with E-state index in [9.17, 15) is 14.7 Å². The summed E-state index contributed by atoms with van der Waals surface area (Å²) in [6, 6.07) is 5.11. The fourth-order valence-corrected chi connectivity index (χ4v) is 1.58. The maximum absolute atomic E-state index is 11.7. The highest BCUT2D eigenvalue weighted by atomic mass is 16.4. The Morgan fingerprint density at radius 1 is 1.47 bits per heavy atom. The zero-order chi connectivity index (χ0) is 11.0. The monoisotopic (exact) mass is 202 g/mol. The Labute approximate surface area is 86.3 Å². The van der Waals surface area contributed by atoms with Crippen LogP contribution in [0.2, 0.25) is 0 Å². The van der Waals surface area contributed by atoms with Crippen molar-refractivity contribution < 1.29 is 14.7 Å². The lowest BCUT2D eigenvalue weighted by Gasteiger charge is -2.18. The minimum absolute atomic E-state index is 0.353. The van der Waals surface area contributed by atoms with Crippen LogP contribution < -0.4 is 5.11 Å². The first-order valence-corrected chi connectivity index (χ1v) is 4.50. The number of rotatable bonds is 1. The van der Waals surface area contributed by atoms with Crippen LogP contribution in [0.15, 0.2) is 23.2 Å². The van der Waals surface area contributed by atoms with Crippen LogP contribution in [0.3, 0.4) is 0 Å². The number of carboxylic acid groups (broad SMARTS) is 1. The van der Waals surface area contributed by atoms with Gasteiger partial charge < -0.3 is 9.90 Å². The maximum atomic E-state index is 11.7. The van der Waals surface area contributed by atoms with Crippen molar-refractivity contribution >= 4 is 23.7 Å². The summed E-state index contributed by atoms with van der Waals surface area (Å²) in [7, 11) is 0. The number of carboxylic acids is 1. The zero-order valence-corrected chi connectivity index (χ0v) is 8.06. The molecule has 0 bridgehead atoms. The molecule has 1 heterocycles. The summed E-state index contributed by atoms with van der Waals surface area (Å²) < 4.78 is 0. The summed E-state index contributed by atoms with van der Waals surface area (Å²) in [5.74, 6) is -3.11. The Morgan fingerprint density at radius 3 is 2.87 bits per heavy atom. The van der Waals surface area contributed by atoms with Crippen LogP contribution in [-0.4, -0.2) is 18.0 Å². The van der Waals surface area contributed by atoms with E-state index in [1.54, 1.807) is 12.1 Å². The molecular weight excluding hydrogens is 194 g/mol. The number of nitrogens with zero attached hydrogens (tertiary/aromatic N) is 1. The second-order valence-electron chi connectivity index (χ2n) is 3.41. The predicted octanol–water partition coefficient (Wildman–Crippen LogP) is 0.260. The summed E-state index contributed by atoms with van der Waals surface area (Å²) in [6.45, 7) is 1.82. The van der Waals surface area contributed by atoms with Gasteiger partial charge in [-0.25, -0.2) is 0 Å². The fraction of sp³-hybridized carbons (Fsp3) is 0.182. The highest BCUT2D eigenvalue weighted by molar-refractivity contribution is 6.21. The van der Waals surface area contributed by atoms with E-state index in [1.807, 2.05) is 13.0 Å². The first kappa shape index (κ1) is 9.58. The highest BCUT2D eigenvalue weighted by Crippen LogP contribution is 2.29. The van der Waals surface area contributed by atoms with Gasteiger partial charge in [0.15, 0.2) is 5.78 Å². The number of hydrogen-bond acceptors (Lipinski definition) is 4. The zero-order valence-electron chi connectivity index (χ0n) is 8.06. The third kappa shape index (κ3) is 1.44. The van der Waals surface area contributed by atoms with Crippen molar-refractivity contribution in [3.05, 3.63) is 29.3 Å². The average molecular weight is 202 g/mol. The second kappa shape index (κ2) is 3.31. The van der Waals surface area contributed by atoms with Crippen LogP contribution in [0, 0.1) is 12.8 Å². The molecule has 1 aromatic carbocycles. The van der Waals surface area contributed by atoms with Crippen molar-refractivity contribution in [2.24, 2.45) is 10.9 Å². The van der Waals surface area contributed by atoms with Gasteiger partial charge in [-0.15, -0.1) is 0 Å². The molecule has 0 spiro atoms. The van der Waals surface area contributed by atoms with E-state index < -0.39 is 17.7 Å². The van der Waals surface area contributed by atoms with E-state index in [-0.39, 0.29) is 0 Å². The minimum atomic E-state index is -1.41. The lowest BCUT2D eigenvalue weighted by molar-refractivity contribution is -0.306. The Bertz CT molecular complexity index is 477. The number of ketones is 1. The number of aryl methyl sites for hydroxylation is 1. The van der Waals surface area contributed by atoms with E-state index in [0.717, 1.165) is 11.8 Å². The fourth-order valence-electron chi connectivity index (χ4n) is 1.58. The first-order valence-electron chi connectivity index (χ1n) is 4.50. The third-order valence-corrected chi connectivity index (χ3v) is 2.39. The molecule has 76 valence electrons. The maximum Gasteiger partial charge on any atom is 0.179 e. The van der Waals surface area contributed by atoms with Gasteiger partial charge in [0.1, 0.15) is 0 Å². The molecule has 0 aliphatic carbocycles. The van der Waals surface area contributed by atoms with Gasteiger partial charge in [0.05, 0.1) is 17.6 Å². The van der Waals surface area contributed by atoms with Crippen molar-refractivity contribution in [2.75, 3.05) is 0 Å². The quantitative estimate of drug-likeness (QED) is 0.613. The normalized spacial score (nSPS) is 18.7. The van der Waals surface area contributed by atoms with Crippen molar-refractivity contribution in [2.45, 2.75) is 6.92 Å². The largest absolute Gasteiger partial charge is 0.549 e. The molecule has 0 amide bonds. The van der Waals surface area contributed by atoms with Gasteiger partial charge in [0.2, 0.25) is 0 Å². The summed E-state index contributed by atoms with van der Waals surface area (Å²) in [4.78, 5) is 26.3. The van der Waals surface area contributed by atoms with Crippen LogP contribution in [0.25, 0.3) is 0 Å². The van der Waals surface area contributed by atoms with Gasteiger partial charge in [0.25, 0.3) is 0 Å². The predicted molar refractivity (Wildman–Crippen MR) is 52.2 cm³/mol. The molecule has 0 fully saturated rings. The molecule has 1 aliphatic heterocycles. The molecule has 1 aromatic rings. The molecule has 0 saturated heterocycles. The molecule has 1 atom stereocenters. The van der Waals surface area contributed by atoms with Crippen LogP contribution in [0.4, 0.5) is 5.69 Å². The van der Waals surface area contributed by atoms with Crippen LogP contribution in [0.1, 0.15) is 15.9 Å². The lowest BCUT2D eigenvalue weighted by atomic mass is 9.93. The van der Waals surface area contributed by atoms with Gasteiger partial charge in [0, 0.05) is 11.8 Å². The third-order valence-electron chi connectivity index (χ3n) is 2.39. The average Bonchev–Trinajstić information content (AvgIpc) is 2.19. The Kier molecular flexibility index (Phi) is 2.11. The van der Waals surface area contributed by atoms with Gasteiger partial charge in [-0.3, -0.25) is 9.79 Å². The number of benzene rings is 1. The molecule has 0 aromatic heterocycles. The topological polar surface area (TPSA) is 69.6 Å². The van der Waals surface area contributed by atoms with Crippen molar-refractivity contribution in [3.8, 4) is 0 Å².